The molecule has 1 amide bonds. The molecule has 1 aromatic carbocycles. The van der Waals surface area contributed by atoms with Crippen molar-refractivity contribution in [1.82, 2.24) is 5.32 Å². The highest BCUT2D eigenvalue weighted by Gasteiger charge is 2.14. The minimum absolute atomic E-state index is 0.137. The summed E-state index contributed by atoms with van der Waals surface area (Å²) in [4.78, 5) is 11.9. The Kier molecular flexibility index (Phi) is 5.63. The van der Waals surface area contributed by atoms with E-state index in [1.165, 1.54) is 22.0 Å². The van der Waals surface area contributed by atoms with Crippen molar-refractivity contribution in [1.29, 1.82) is 0 Å². The van der Waals surface area contributed by atoms with Gasteiger partial charge < -0.3 is 10.6 Å². The van der Waals surface area contributed by atoms with Gasteiger partial charge in [0.05, 0.1) is 0 Å². The van der Waals surface area contributed by atoms with Crippen molar-refractivity contribution in [2.24, 2.45) is 5.92 Å². The van der Waals surface area contributed by atoms with Crippen LogP contribution in [0.25, 0.3) is 0 Å². The first-order valence-electron chi connectivity index (χ1n) is 6.92. The second kappa shape index (κ2) is 7.24. The van der Waals surface area contributed by atoms with Crippen LogP contribution in [0, 0.1) is 16.4 Å². The molecule has 2 rings (SSSR count). The molecular weight excluding hydrogens is 351 g/mol. The van der Waals surface area contributed by atoms with Crippen molar-refractivity contribution in [2.45, 2.75) is 32.6 Å². The van der Waals surface area contributed by atoms with Gasteiger partial charge in [-0.05, 0) is 85.5 Å². The second-order valence-corrected chi connectivity index (χ2v) is 6.41. The van der Waals surface area contributed by atoms with Crippen LogP contribution < -0.4 is 10.6 Å². The molecule has 1 aliphatic heterocycles. The summed E-state index contributed by atoms with van der Waals surface area (Å²) >= 11 is 2.30. The molecule has 3 nitrogen and oxygen atoms in total. The van der Waals surface area contributed by atoms with E-state index in [0.717, 1.165) is 25.2 Å². The molecule has 104 valence electrons. The standard InChI is InChI=1S/C15H21IN2O/c1-11-2-4-13(10-14(11)16)18-15(19)5-3-12-6-8-17-9-7-12/h2,4,10,12,17H,3,5-9H2,1H3,(H,18,19). The number of amides is 1. The van der Waals surface area contributed by atoms with E-state index in [0.29, 0.717) is 12.3 Å². The Morgan fingerprint density at radius 3 is 2.84 bits per heavy atom. The van der Waals surface area contributed by atoms with Crippen LogP contribution in [0.1, 0.15) is 31.2 Å². The van der Waals surface area contributed by atoms with Crippen molar-refractivity contribution in [3.63, 3.8) is 0 Å². The second-order valence-electron chi connectivity index (χ2n) is 5.24. The Balaban J connectivity index is 1.78. The van der Waals surface area contributed by atoms with Crippen LogP contribution in [-0.4, -0.2) is 19.0 Å². The number of carbonyl (C=O) groups is 1. The fraction of sp³-hybridized carbons (Fsp3) is 0.533. The molecule has 0 bridgehead atoms. The SMILES string of the molecule is Cc1ccc(NC(=O)CCC2CCNCC2)cc1I. The van der Waals surface area contributed by atoms with Gasteiger partial charge in [0.15, 0.2) is 0 Å². The van der Waals surface area contributed by atoms with Gasteiger partial charge in [0.25, 0.3) is 0 Å². The number of carbonyl (C=O) groups excluding carboxylic acids is 1. The number of aryl methyl sites for hydroxylation is 1. The van der Waals surface area contributed by atoms with Crippen molar-refractivity contribution < 1.29 is 4.79 Å². The van der Waals surface area contributed by atoms with Crippen molar-refractivity contribution in [2.75, 3.05) is 18.4 Å². The number of hydrogen-bond donors (Lipinski definition) is 2. The summed E-state index contributed by atoms with van der Waals surface area (Å²) in [6.45, 7) is 4.27. The summed E-state index contributed by atoms with van der Waals surface area (Å²) in [6, 6.07) is 6.04. The predicted molar refractivity (Wildman–Crippen MR) is 87.4 cm³/mol. The van der Waals surface area contributed by atoms with E-state index in [1.54, 1.807) is 0 Å². The lowest BCUT2D eigenvalue weighted by atomic mass is 9.93. The first kappa shape index (κ1) is 14.8. The number of piperidine rings is 1. The van der Waals surface area contributed by atoms with Gasteiger partial charge in [-0.3, -0.25) is 4.79 Å². The van der Waals surface area contributed by atoms with Gasteiger partial charge in [0.1, 0.15) is 0 Å². The smallest absolute Gasteiger partial charge is 0.224 e. The molecule has 0 radical (unpaired) electrons. The van der Waals surface area contributed by atoms with Gasteiger partial charge in [0, 0.05) is 15.7 Å². The van der Waals surface area contributed by atoms with Gasteiger partial charge in [-0.15, -0.1) is 0 Å². The molecule has 0 aromatic heterocycles. The normalized spacial score (nSPS) is 16.3. The summed E-state index contributed by atoms with van der Waals surface area (Å²) < 4.78 is 1.19. The van der Waals surface area contributed by atoms with Crippen LogP contribution in [0.3, 0.4) is 0 Å². The topological polar surface area (TPSA) is 41.1 Å². The Hall–Kier alpha value is -0.620. The van der Waals surface area contributed by atoms with E-state index >= 15 is 0 Å². The van der Waals surface area contributed by atoms with E-state index in [2.05, 4.69) is 40.1 Å². The lowest BCUT2D eigenvalue weighted by Gasteiger charge is -2.22. The highest BCUT2D eigenvalue weighted by Crippen LogP contribution is 2.20. The van der Waals surface area contributed by atoms with Crippen molar-refractivity contribution in [3.8, 4) is 0 Å². The highest BCUT2D eigenvalue weighted by molar-refractivity contribution is 14.1. The largest absolute Gasteiger partial charge is 0.326 e. The molecule has 1 fully saturated rings. The maximum absolute atomic E-state index is 11.9. The molecule has 1 saturated heterocycles. The van der Waals surface area contributed by atoms with Crippen LogP contribution in [0.15, 0.2) is 18.2 Å². The van der Waals surface area contributed by atoms with E-state index in [1.807, 2.05) is 18.2 Å². The fourth-order valence-electron chi connectivity index (χ4n) is 2.40. The van der Waals surface area contributed by atoms with E-state index in [4.69, 9.17) is 0 Å². The molecular formula is C15H21IN2O. The summed E-state index contributed by atoms with van der Waals surface area (Å²) in [7, 11) is 0. The number of hydrogen-bond acceptors (Lipinski definition) is 2. The van der Waals surface area contributed by atoms with E-state index < -0.39 is 0 Å². The van der Waals surface area contributed by atoms with Gasteiger partial charge in [-0.25, -0.2) is 0 Å². The molecule has 1 aromatic rings. The molecule has 0 saturated carbocycles. The minimum Gasteiger partial charge on any atom is -0.326 e. The number of nitrogens with one attached hydrogen (secondary N) is 2. The van der Waals surface area contributed by atoms with E-state index in [-0.39, 0.29) is 5.91 Å². The quantitative estimate of drug-likeness (QED) is 0.797. The van der Waals surface area contributed by atoms with Crippen LogP contribution >= 0.6 is 22.6 Å². The predicted octanol–water partition coefficient (Wildman–Crippen LogP) is 3.32. The maximum Gasteiger partial charge on any atom is 0.224 e. The number of halogens is 1. The maximum atomic E-state index is 11.9. The monoisotopic (exact) mass is 372 g/mol. The molecule has 2 N–H and O–H groups in total. The first-order chi connectivity index (χ1) is 9.15. The first-order valence-corrected chi connectivity index (χ1v) is 8.00. The number of benzene rings is 1. The molecule has 0 spiro atoms. The molecule has 0 atom stereocenters. The molecule has 0 aliphatic carbocycles. The third-order valence-corrected chi connectivity index (χ3v) is 4.86. The van der Waals surface area contributed by atoms with Crippen LogP contribution in [0.2, 0.25) is 0 Å². The number of rotatable bonds is 4. The molecule has 4 heteroatoms. The number of anilines is 1. The molecule has 19 heavy (non-hydrogen) atoms. The zero-order chi connectivity index (χ0) is 13.7. The Morgan fingerprint density at radius 2 is 2.16 bits per heavy atom. The minimum atomic E-state index is 0.137. The molecule has 1 heterocycles. The van der Waals surface area contributed by atoms with Gasteiger partial charge in [0.2, 0.25) is 5.91 Å². The lowest BCUT2D eigenvalue weighted by Crippen LogP contribution is -2.28. The average Bonchev–Trinajstić information content (AvgIpc) is 2.42. The van der Waals surface area contributed by atoms with Gasteiger partial charge in [-0.1, -0.05) is 6.07 Å². The summed E-state index contributed by atoms with van der Waals surface area (Å²) in [5.74, 6) is 0.850. The summed E-state index contributed by atoms with van der Waals surface area (Å²) in [5, 5.41) is 6.34. The zero-order valence-electron chi connectivity index (χ0n) is 11.3. The van der Waals surface area contributed by atoms with Crippen LogP contribution in [-0.2, 0) is 4.79 Å². The third-order valence-electron chi connectivity index (χ3n) is 3.69. The molecule has 0 unspecified atom stereocenters. The fourth-order valence-corrected chi connectivity index (χ4v) is 2.91. The summed E-state index contributed by atoms with van der Waals surface area (Å²) in [6.07, 6.45) is 4.05. The zero-order valence-corrected chi connectivity index (χ0v) is 13.5. The average molecular weight is 372 g/mol. The lowest BCUT2D eigenvalue weighted by molar-refractivity contribution is -0.116. The Labute approximate surface area is 128 Å². The Morgan fingerprint density at radius 1 is 1.42 bits per heavy atom. The van der Waals surface area contributed by atoms with Crippen molar-refractivity contribution >= 4 is 34.2 Å². The third kappa shape index (κ3) is 4.76. The van der Waals surface area contributed by atoms with Gasteiger partial charge in [-0.2, -0.15) is 0 Å². The highest BCUT2D eigenvalue weighted by atomic mass is 127. The van der Waals surface area contributed by atoms with Crippen LogP contribution in [0.4, 0.5) is 5.69 Å². The van der Waals surface area contributed by atoms with Crippen molar-refractivity contribution in [3.05, 3.63) is 27.3 Å². The van der Waals surface area contributed by atoms with Gasteiger partial charge >= 0.3 is 0 Å². The van der Waals surface area contributed by atoms with Crippen LogP contribution in [0.5, 0.6) is 0 Å². The summed E-state index contributed by atoms with van der Waals surface area (Å²) in [5.41, 5.74) is 2.15. The Bertz CT molecular complexity index is 442. The molecule has 1 aliphatic rings. The van der Waals surface area contributed by atoms with E-state index in [9.17, 15) is 4.79 Å².